The third-order valence-corrected chi connectivity index (χ3v) is 11.2. The van der Waals surface area contributed by atoms with Crippen LogP contribution in [0.4, 0.5) is 0 Å². The number of likely N-dealkylation sites (tertiary alicyclic amines) is 1. The number of carbonyl (C=O) groups is 3. The number of fused-ring (bicyclic) bond motifs is 2. The van der Waals surface area contributed by atoms with Crippen molar-refractivity contribution in [2.45, 2.75) is 43.0 Å². The van der Waals surface area contributed by atoms with Crippen molar-refractivity contribution in [3.05, 3.63) is 89.5 Å². The zero-order chi connectivity index (χ0) is 30.1. The fraction of sp³-hybridized carbons (Fsp3) is 0.324. The first kappa shape index (κ1) is 28.5. The third kappa shape index (κ3) is 5.55. The Morgan fingerprint density at radius 3 is 2.23 bits per heavy atom. The van der Waals surface area contributed by atoms with E-state index in [4.69, 9.17) is 17.8 Å². The van der Waals surface area contributed by atoms with Gasteiger partial charge in [-0.3, -0.25) is 9.69 Å². The number of ether oxygens (including phenoxy) is 2. The Hall–Kier alpha value is -4.28. The van der Waals surface area contributed by atoms with Gasteiger partial charge in [-0.15, -0.1) is 0 Å². The van der Waals surface area contributed by atoms with Gasteiger partial charge in [-0.05, 0) is 86.0 Å². The van der Waals surface area contributed by atoms with Crippen molar-refractivity contribution in [1.82, 2.24) is 10.2 Å². The van der Waals surface area contributed by atoms with Gasteiger partial charge in [-0.1, -0.05) is 40.9 Å². The number of carbonyl (C=O) groups excluding carboxylic acids is 3. The van der Waals surface area contributed by atoms with Gasteiger partial charge in [0.2, 0.25) is 5.91 Å². The molecule has 0 bridgehead atoms. The standard InChI is InChI=1S/C34H34N2O7S/c37-31-16-11-25(35-31)22-41-27-14-9-24(10-15-27)32-29(28-5-1-2-6-30(28)44(32)42-33(38)34(39)43-44)21-23-7-12-26(13-8-23)40-20-19-36-17-3-4-18-36/h1-2,5-10,12-15,25H,3-4,11,16-22H2,(H,35,37)/t25-/m1/s1. The van der Waals surface area contributed by atoms with Crippen molar-refractivity contribution in [2.24, 2.45) is 0 Å². The SMILES string of the molecule is O=C1CC[C@H](COc2ccc(C3=C(Cc4ccc(OCCN5CCCC5)cc4)c4ccccc4S34OC(=O)C(=O)O4)cc2)N1. The summed E-state index contributed by atoms with van der Waals surface area (Å²) < 4.78 is 23.7. The predicted molar refractivity (Wildman–Crippen MR) is 166 cm³/mol. The topological polar surface area (TPSA) is 103 Å². The summed E-state index contributed by atoms with van der Waals surface area (Å²) in [4.78, 5) is 40.4. The van der Waals surface area contributed by atoms with Crippen LogP contribution in [0.5, 0.6) is 11.5 Å². The van der Waals surface area contributed by atoms with Gasteiger partial charge >= 0.3 is 11.9 Å². The molecule has 4 aliphatic heterocycles. The van der Waals surface area contributed by atoms with Gasteiger partial charge in [0.05, 0.1) is 15.8 Å². The summed E-state index contributed by atoms with van der Waals surface area (Å²) in [5.41, 5.74) is 3.65. The highest BCUT2D eigenvalue weighted by Gasteiger charge is 2.52. The minimum atomic E-state index is -2.86. The van der Waals surface area contributed by atoms with Crippen LogP contribution in [-0.4, -0.2) is 61.6 Å². The molecule has 0 aliphatic carbocycles. The van der Waals surface area contributed by atoms with E-state index in [0.29, 0.717) is 41.6 Å². The van der Waals surface area contributed by atoms with E-state index in [9.17, 15) is 14.4 Å². The van der Waals surface area contributed by atoms with Gasteiger partial charge in [0, 0.05) is 30.5 Å². The minimum absolute atomic E-state index is 0.00675. The molecule has 228 valence electrons. The van der Waals surface area contributed by atoms with E-state index < -0.39 is 22.5 Å². The molecular formula is C34H34N2O7S. The molecule has 3 aromatic carbocycles. The molecule has 1 N–H and O–H groups in total. The number of rotatable bonds is 10. The van der Waals surface area contributed by atoms with Crippen LogP contribution in [0.2, 0.25) is 0 Å². The minimum Gasteiger partial charge on any atom is -0.492 e. The Kier molecular flexibility index (Phi) is 7.78. The van der Waals surface area contributed by atoms with E-state index in [1.807, 2.05) is 72.8 Å². The molecule has 1 atom stereocenters. The quantitative estimate of drug-likeness (QED) is 0.317. The first-order chi connectivity index (χ1) is 21.5. The van der Waals surface area contributed by atoms with Crippen LogP contribution in [0.1, 0.15) is 42.4 Å². The molecule has 4 heterocycles. The van der Waals surface area contributed by atoms with Crippen molar-refractivity contribution in [2.75, 3.05) is 32.8 Å². The Bertz CT molecular complexity index is 1600. The lowest BCUT2D eigenvalue weighted by molar-refractivity contribution is -0.150. The van der Waals surface area contributed by atoms with Crippen molar-refractivity contribution < 1.29 is 32.2 Å². The number of amides is 1. The summed E-state index contributed by atoms with van der Waals surface area (Å²) in [6, 6.07) is 23.2. The Balaban J connectivity index is 1.17. The van der Waals surface area contributed by atoms with Gasteiger partial charge in [-0.25, -0.2) is 9.59 Å². The summed E-state index contributed by atoms with van der Waals surface area (Å²) in [5, 5.41) is 2.91. The lowest BCUT2D eigenvalue weighted by Gasteiger charge is -2.34. The monoisotopic (exact) mass is 614 g/mol. The lowest BCUT2D eigenvalue weighted by Crippen LogP contribution is -2.30. The molecule has 9 nitrogen and oxygen atoms in total. The van der Waals surface area contributed by atoms with E-state index in [2.05, 4.69) is 10.2 Å². The van der Waals surface area contributed by atoms with Gasteiger partial charge in [0.25, 0.3) is 0 Å². The number of hydrogen-bond donors (Lipinski definition) is 1. The van der Waals surface area contributed by atoms with Crippen LogP contribution in [0, 0.1) is 0 Å². The zero-order valence-corrected chi connectivity index (χ0v) is 25.1. The predicted octanol–water partition coefficient (Wildman–Crippen LogP) is 5.04. The summed E-state index contributed by atoms with van der Waals surface area (Å²) >= 11 is 0. The normalized spacial score (nSPS) is 21.3. The first-order valence-electron chi connectivity index (χ1n) is 15.1. The van der Waals surface area contributed by atoms with Gasteiger partial charge < -0.3 is 23.2 Å². The van der Waals surface area contributed by atoms with Crippen LogP contribution < -0.4 is 14.8 Å². The van der Waals surface area contributed by atoms with Crippen LogP contribution >= 0.6 is 10.6 Å². The van der Waals surface area contributed by atoms with E-state index in [-0.39, 0.29) is 11.9 Å². The average molecular weight is 615 g/mol. The molecule has 3 fully saturated rings. The fourth-order valence-corrected chi connectivity index (χ4v) is 9.08. The number of benzene rings is 3. The maximum Gasteiger partial charge on any atom is 0.442 e. The highest BCUT2D eigenvalue weighted by atomic mass is 32.3. The number of nitrogens with one attached hydrogen (secondary N) is 1. The average Bonchev–Trinajstić information content (AvgIpc) is 3.82. The molecule has 1 amide bonds. The molecule has 3 aromatic rings. The number of hydrogen-bond acceptors (Lipinski definition) is 8. The van der Waals surface area contributed by atoms with Gasteiger partial charge in [-0.2, -0.15) is 0 Å². The molecule has 0 radical (unpaired) electrons. The van der Waals surface area contributed by atoms with Crippen molar-refractivity contribution in [3.8, 4) is 11.5 Å². The summed E-state index contributed by atoms with van der Waals surface area (Å²) in [7, 11) is -2.86. The highest BCUT2D eigenvalue weighted by Crippen LogP contribution is 2.76. The third-order valence-electron chi connectivity index (χ3n) is 8.43. The Morgan fingerprint density at radius 1 is 0.841 bits per heavy atom. The van der Waals surface area contributed by atoms with Crippen LogP contribution in [0.3, 0.4) is 0 Å². The molecule has 3 saturated heterocycles. The Labute approximate surface area is 257 Å². The molecule has 44 heavy (non-hydrogen) atoms. The van der Waals surface area contributed by atoms with Gasteiger partial charge in [0.1, 0.15) is 24.7 Å². The zero-order valence-electron chi connectivity index (χ0n) is 24.3. The molecule has 7 rings (SSSR count). The van der Waals surface area contributed by atoms with E-state index in [0.717, 1.165) is 54.1 Å². The second-order valence-electron chi connectivity index (χ2n) is 11.4. The number of allylic oxidation sites excluding steroid dienone is 1. The maximum atomic E-state index is 12.5. The molecule has 0 saturated carbocycles. The van der Waals surface area contributed by atoms with Crippen molar-refractivity contribution >= 4 is 38.9 Å². The van der Waals surface area contributed by atoms with E-state index in [1.54, 1.807) is 0 Å². The smallest absolute Gasteiger partial charge is 0.442 e. The largest absolute Gasteiger partial charge is 0.492 e. The molecule has 4 aliphatic rings. The van der Waals surface area contributed by atoms with Gasteiger partial charge in [0.15, 0.2) is 0 Å². The van der Waals surface area contributed by atoms with Crippen LogP contribution in [0.25, 0.3) is 10.5 Å². The van der Waals surface area contributed by atoms with E-state index >= 15 is 0 Å². The number of nitrogens with zero attached hydrogens (tertiary/aromatic N) is 1. The lowest BCUT2D eigenvalue weighted by atomic mass is 9.96. The molecular weight excluding hydrogens is 580 g/mol. The second kappa shape index (κ2) is 12.0. The van der Waals surface area contributed by atoms with Crippen LogP contribution in [0.15, 0.2) is 77.7 Å². The fourth-order valence-electron chi connectivity index (χ4n) is 6.23. The summed E-state index contributed by atoms with van der Waals surface area (Å²) in [6.07, 6.45) is 4.32. The summed E-state index contributed by atoms with van der Waals surface area (Å²) in [5.74, 6) is -0.451. The second-order valence-corrected chi connectivity index (χ2v) is 13.6. The first-order valence-corrected chi connectivity index (χ1v) is 16.6. The molecule has 0 aromatic heterocycles. The molecule has 10 heteroatoms. The highest BCUT2D eigenvalue weighted by molar-refractivity contribution is 8.35. The van der Waals surface area contributed by atoms with E-state index in [1.165, 1.54) is 12.8 Å². The Morgan fingerprint density at radius 2 is 1.52 bits per heavy atom. The molecule has 0 unspecified atom stereocenters. The van der Waals surface area contributed by atoms with Crippen molar-refractivity contribution in [3.63, 3.8) is 0 Å². The van der Waals surface area contributed by atoms with Crippen LogP contribution in [-0.2, 0) is 29.2 Å². The maximum absolute atomic E-state index is 12.5. The molecule has 1 spiro atoms. The van der Waals surface area contributed by atoms with Crippen molar-refractivity contribution in [1.29, 1.82) is 0 Å². The summed E-state index contributed by atoms with van der Waals surface area (Å²) in [6.45, 7) is 4.25.